The molecule has 2 atom stereocenters. The highest BCUT2D eigenvalue weighted by Crippen LogP contribution is 2.43. The van der Waals surface area contributed by atoms with Crippen LogP contribution >= 0.6 is 0 Å². The summed E-state index contributed by atoms with van der Waals surface area (Å²) in [6, 6.07) is 17.7. The van der Waals surface area contributed by atoms with Crippen molar-refractivity contribution in [3.8, 4) is 11.5 Å². The highest BCUT2D eigenvalue weighted by atomic mass is 19.1. The van der Waals surface area contributed by atoms with Gasteiger partial charge in [-0.05, 0) is 85.4 Å². The number of rotatable bonds is 2. The first-order valence-electron chi connectivity index (χ1n) is 20.6. The van der Waals surface area contributed by atoms with Crippen molar-refractivity contribution in [2.75, 3.05) is 47.6 Å². The van der Waals surface area contributed by atoms with Crippen molar-refractivity contribution < 1.29 is 27.0 Å². The molecule has 16 heteroatoms. The van der Waals surface area contributed by atoms with E-state index < -0.39 is 23.3 Å². The second kappa shape index (κ2) is 18.2. The number of aromatic nitrogens is 4. The lowest BCUT2D eigenvalue weighted by Crippen LogP contribution is -2.10. The van der Waals surface area contributed by atoms with E-state index in [1.165, 1.54) is 24.3 Å². The molecule has 320 valence electrons. The molecular formula is C48H38F4N10O2. The molecule has 2 aromatic heterocycles. The second-order valence-corrected chi connectivity index (χ2v) is 15.2. The van der Waals surface area contributed by atoms with Crippen molar-refractivity contribution >= 4 is 46.3 Å². The summed E-state index contributed by atoms with van der Waals surface area (Å²) in [4.78, 5) is 25.7. The van der Waals surface area contributed by atoms with Gasteiger partial charge in [0.2, 0.25) is 23.3 Å². The number of ether oxygens (including phenoxy) is 2. The monoisotopic (exact) mass is 862 g/mol. The van der Waals surface area contributed by atoms with Crippen LogP contribution in [0.15, 0.2) is 97.1 Å². The molecule has 0 fully saturated rings. The SMILES string of the molecule is [C-]#[N+]c1ccc2cc1OC/C=C/CNc1nc(nc3c1CCC3c1ccc(F)cc1F)N2.[C-]#[N+]c1ccc2cc1OC/C=C\CNc1nc(nc3c1CCC3c1ccc(F)cc1F)N2. The van der Waals surface area contributed by atoms with Crippen LogP contribution in [0.2, 0.25) is 0 Å². The third-order valence-corrected chi connectivity index (χ3v) is 11.2. The molecule has 12 nitrogen and oxygen atoms in total. The van der Waals surface area contributed by atoms with Crippen LogP contribution < -0.4 is 30.7 Å². The minimum atomic E-state index is -0.602. The Morgan fingerprint density at radius 1 is 0.547 bits per heavy atom. The van der Waals surface area contributed by atoms with Crippen molar-refractivity contribution in [3.63, 3.8) is 0 Å². The van der Waals surface area contributed by atoms with Crippen LogP contribution in [-0.4, -0.2) is 46.2 Å². The number of benzene rings is 4. The van der Waals surface area contributed by atoms with E-state index >= 15 is 0 Å². The zero-order valence-electron chi connectivity index (χ0n) is 34.1. The van der Waals surface area contributed by atoms with Gasteiger partial charge < -0.3 is 30.7 Å². The lowest BCUT2D eigenvalue weighted by Gasteiger charge is -2.16. The summed E-state index contributed by atoms with van der Waals surface area (Å²) in [5, 5.41) is 13.0. The van der Waals surface area contributed by atoms with E-state index in [4.69, 9.17) is 32.6 Å². The number of hydrogen-bond donors (Lipinski definition) is 4. The molecule has 6 aromatic rings. The van der Waals surface area contributed by atoms with Crippen LogP contribution in [-0.2, 0) is 12.8 Å². The lowest BCUT2D eigenvalue weighted by molar-refractivity contribution is 0.365. The summed E-state index contributed by atoms with van der Waals surface area (Å²) in [6.07, 6.45) is 10.3. The molecule has 4 aliphatic rings. The largest absolute Gasteiger partial charge is 0.500 e. The minimum Gasteiger partial charge on any atom is -0.500 e. The summed E-state index contributed by atoms with van der Waals surface area (Å²) in [5.74, 6) is 0.0842. The van der Waals surface area contributed by atoms with Crippen LogP contribution in [0.5, 0.6) is 11.5 Å². The number of anilines is 6. The van der Waals surface area contributed by atoms with E-state index in [9.17, 15) is 17.6 Å². The van der Waals surface area contributed by atoms with Gasteiger partial charge in [0.1, 0.15) is 59.6 Å². The topological polar surface area (TPSA) is 127 Å². The molecule has 4 aromatic carbocycles. The number of fused-ring (bicyclic) bond motifs is 12. The maximum Gasteiger partial charge on any atom is 0.229 e. The standard InChI is InChI=1S/2C24H19F2N5O/c2*1-27-20-9-5-15-13-21(20)32-11-3-2-10-28-23-18-8-7-17(22(18)30-24(29-15)31-23)16-6-4-14(25)12-19(16)26/h2*2-6,9,12-13,17H,7-8,10-11H2,(H2,28,29,30,31)/b3-2+;3-2-. The molecule has 4 heterocycles. The van der Waals surface area contributed by atoms with Crippen LogP contribution in [0.1, 0.15) is 58.3 Å². The highest BCUT2D eigenvalue weighted by Gasteiger charge is 2.33. The Morgan fingerprint density at radius 3 is 1.42 bits per heavy atom. The van der Waals surface area contributed by atoms with Gasteiger partial charge in [0.25, 0.3) is 0 Å². The van der Waals surface area contributed by atoms with Gasteiger partial charge in [-0.15, -0.1) is 0 Å². The first-order valence-corrected chi connectivity index (χ1v) is 20.6. The van der Waals surface area contributed by atoms with Crippen molar-refractivity contribution in [2.24, 2.45) is 0 Å². The van der Waals surface area contributed by atoms with E-state index in [1.54, 1.807) is 36.4 Å². The van der Waals surface area contributed by atoms with Gasteiger partial charge in [0, 0.05) is 59.6 Å². The zero-order valence-corrected chi connectivity index (χ0v) is 34.1. The Balaban J connectivity index is 0.000000162. The Labute approximate surface area is 365 Å². The average Bonchev–Trinajstić information content (AvgIpc) is 3.91. The van der Waals surface area contributed by atoms with Crippen molar-refractivity contribution in [2.45, 2.75) is 37.5 Å². The molecule has 0 saturated heterocycles. The molecule has 8 bridgehead atoms. The Bertz CT molecular complexity index is 2730. The normalized spacial score (nSPS) is 17.8. The molecule has 10 rings (SSSR count). The van der Waals surface area contributed by atoms with Gasteiger partial charge >= 0.3 is 0 Å². The van der Waals surface area contributed by atoms with Crippen LogP contribution in [0.25, 0.3) is 9.69 Å². The first-order chi connectivity index (χ1) is 31.2. The second-order valence-electron chi connectivity index (χ2n) is 15.2. The average molecular weight is 863 g/mol. The van der Waals surface area contributed by atoms with E-state index in [1.807, 2.05) is 24.3 Å². The molecule has 0 radical (unpaired) electrons. The first kappa shape index (κ1) is 41.4. The molecule has 4 N–H and O–H groups in total. The Hall–Kier alpha value is -7.98. The van der Waals surface area contributed by atoms with Crippen molar-refractivity contribution in [1.82, 2.24) is 19.9 Å². The quantitative estimate of drug-likeness (QED) is 0.0759. The fourth-order valence-corrected chi connectivity index (χ4v) is 8.25. The number of halogens is 4. The molecule has 2 aliphatic heterocycles. The number of nitrogens with zero attached hydrogens (tertiary/aromatic N) is 6. The highest BCUT2D eigenvalue weighted by molar-refractivity contribution is 5.69. The molecule has 2 unspecified atom stereocenters. The molecule has 2 aliphatic carbocycles. The summed E-state index contributed by atoms with van der Waals surface area (Å²) < 4.78 is 67.5. The third-order valence-electron chi connectivity index (χ3n) is 11.2. The Morgan fingerprint density at radius 2 is 1.00 bits per heavy atom. The van der Waals surface area contributed by atoms with Crippen LogP contribution in [0.3, 0.4) is 0 Å². The van der Waals surface area contributed by atoms with E-state index in [-0.39, 0.29) is 11.8 Å². The predicted octanol–water partition coefficient (Wildman–Crippen LogP) is 11.0. The molecule has 64 heavy (non-hydrogen) atoms. The summed E-state index contributed by atoms with van der Waals surface area (Å²) in [6.45, 7) is 16.4. The maximum absolute atomic E-state index is 14.6. The van der Waals surface area contributed by atoms with Crippen molar-refractivity contribution in [1.29, 1.82) is 0 Å². The molecule has 0 spiro atoms. The summed E-state index contributed by atoms with van der Waals surface area (Å²) in [7, 11) is 0. The van der Waals surface area contributed by atoms with Gasteiger partial charge in [0.05, 0.1) is 24.5 Å². The minimum absolute atomic E-state index is 0.288. The Kier molecular flexibility index (Phi) is 11.7. The van der Waals surface area contributed by atoms with Gasteiger partial charge in [-0.25, -0.2) is 37.2 Å². The van der Waals surface area contributed by atoms with Gasteiger partial charge in [-0.1, -0.05) is 36.4 Å². The fraction of sp³-hybridized carbons (Fsp3) is 0.208. The van der Waals surface area contributed by atoms with E-state index in [2.05, 4.69) is 40.9 Å². The molecule has 0 amide bonds. The smallest absolute Gasteiger partial charge is 0.229 e. The van der Waals surface area contributed by atoms with Gasteiger partial charge in [0.15, 0.2) is 0 Å². The third kappa shape index (κ3) is 8.71. The fourth-order valence-electron chi connectivity index (χ4n) is 8.25. The lowest BCUT2D eigenvalue weighted by atomic mass is 9.96. The van der Waals surface area contributed by atoms with Crippen LogP contribution in [0.4, 0.5) is 63.8 Å². The van der Waals surface area contributed by atoms with E-state index in [0.717, 1.165) is 34.6 Å². The van der Waals surface area contributed by atoms with Gasteiger partial charge in [-0.3, -0.25) is 0 Å². The zero-order chi connectivity index (χ0) is 44.2. The summed E-state index contributed by atoms with van der Waals surface area (Å²) in [5.41, 5.74) is 6.35. The van der Waals surface area contributed by atoms with Gasteiger partial charge in [-0.2, -0.15) is 9.97 Å². The van der Waals surface area contributed by atoms with E-state index in [0.29, 0.717) is 121 Å². The van der Waals surface area contributed by atoms with Crippen LogP contribution in [0, 0.1) is 36.4 Å². The maximum atomic E-state index is 14.6. The predicted molar refractivity (Wildman–Crippen MR) is 235 cm³/mol. The number of hydrogen-bond acceptors (Lipinski definition) is 10. The van der Waals surface area contributed by atoms with Crippen molar-refractivity contribution in [3.05, 3.63) is 177 Å². The molecule has 0 saturated carbocycles. The number of nitrogens with one attached hydrogen (secondary N) is 4. The molecular weight excluding hydrogens is 825 g/mol. The summed E-state index contributed by atoms with van der Waals surface area (Å²) >= 11 is 0.